The lowest BCUT2D eigenvalue weighted by Crippen LogP contribution is -1.87. The first-order chi connectivity index (χ1) is 7.72. The molecule has 0 N–H and O–H groups in total. The van der Waals surface area contributed by atoms with Crippen LogP contribution in [0.4, 0.5) is 5.69 Å². The van der Waals surface area contributed by atoms with Crippen molar-refractivity contribution >= 4 is 29.1 Å². The topological polar surface area (TPSA) is 37.4 Å². The zero-order valence-electron chi connectivity index (χ0n) is 9.36. The van der Waals surface area contributed by atoms with Gasteiger partial charge in [-0.3, -0.25) is 0 Å². The number of unbranched alkanes of at least 4 members (excludes halogenated alkanes) is 1. The number of hydrogen-bond donors (Lipinski definition) is 0. The van der Waals surface area contributed by atoms with Gasteiger partial charge in [-0.25, -0.2) is 0 Å². The van der Waals surface area contributed by atoms with Crippen LogP contribution in [-0.4, -0.2) is 12.9 Å². The summed E-state index contributed by atoms with van der Waals surface area (Å²) in [4.78, 5) is 4.08. The number of halogens is 1. The Morgan fingerprint density at radius 1 is 1.50 bits per heavy atom. The fraction of sp³-hybridized carbons (Fsp3) is 0.455. The first-order valence-electron chi connectivity index (χ1n) is 5.08. The number of benzene rings is 1. The molecule has 86 valence electrons. The lowest BCUT2D eigenvalue weighted by molar-refractivity contribution is 0.405. The Balaban J connectivity index is 2.91. The summed E-state index contributed by atoms with van der Waals surface area (Å²) in [5, 5.41) is 9.15. The van der Waals surface area contributed by atoms with Gasteiger partial charge in [0.05, 0.1) is 18.1 Å². The highest BCUT2D eigenvalue weighted by atomic mass is 35.5. The minimum absolute atomic E-state index is 0.332. The largest absolute Gasteiger partial charge is 0.495 e. The van der Waals surface area contributed by atoms with Crippen molar-refractivity contribution in [3.8, 4) is 5.75 Å². The molecule has 16 heavy (non-hydrogen) atoms. The summed E-state index contributed by atoms with van der Waals surface area (Å²) >= 11 is 7.65. The van der Waals surface area contributed by atoms with E-state index in [0.717, 1.165) is 23.5 Å². The SMILES string of the molecule is CCCCSc1cc(Cl)c([N+]#N)cc1OC. The van der Waals surface area contributed by atoms with Gasteiger partial charge >= 0.3 is 5.69 Å². The monoisotopic (exact) mass is 257 g/mol. The molecule has 0 atom stereocenters. The summed E-state index contributed by atoms with van der Waals surface area (Å²) in [6.07, 6.45) is 2.31. The highest BCUT2D eigenvalue weighted by molar-refractivity contribution is 7.99. The lowest BCUT2D eigenvalue weighted by atomic mass is 10.3. The Labute approximate surface area is 105 Å². The predicted octanol–water partition coefficient (Wildman–Crippen LogP) is 4.73. The molecule has 0 aliphatic carbocycles. The Kier molecular flexibility index (Phi) is 5.44. The van der Waals surface area contributed by atoms with Gasteiger partial charge in [-0.05, 0) is 18.2 Å². The molecule has 0 saturated carbocycles. The first-order valence-corrected chi connectivity index (χ1v) is 6.44. The second kappa shape index (κ2) is 6.62. The van der Waals surface area contributed by atoms with E-state index in [1.165, 1.54) is 0 Å². The van der Waals surface area contributed by atoms with Gasteiger partial charge in [-0.2, -0.15) is 0 Å². The maximum Gasteiger partial charge on any atom is 0.407 e. The molecule has 0 aliphatic heterocycles. The van der Waals surface area contributed by atoms with Gasteiger partial charge < -0.3 is 4.74 Å². The van der Waals surface area contributed by atoms with E-state index in [0.29, 0.717) is 16.5 Å². The highest BCUT2D eigenvalue weighted by Crippen LogP contribution is 2.38. The van der Waals surface area contributed by atoms with Crippen molar-refractivity contribution in [3.05, 3.63) is 22.1 Å². The average Bonchev–Trinajstić information content (AvgIpc) is 2.30. The third-order valence-electron chi connectivity index (χ3n) is 2.10. The minimum Gasteiger partial charge on any atom is -0.495 e. The smallest absolute Gasteiger partial charge is 0.407 e. The molecule has 0 aliphatic rings. The number of nitrogens with zero attached hydrogens (tertiary/aromatic N) is 2. The van der Waals surface area contributed by atoms with Crippen LogP contribution in [0.5, 0.6) is 5.75 Å². The highest BCUT2D eigenvalue weighted by Gasteiger charge is 2.17. The third-order valence-corrected chi connectivity index (χ3v) is 3.52. The van der Waals surface area contributed by atoms with Crippen LogP contribution in [-0.2, 0) is 0 Å². The van der Waals surface area contributed by atoms with E-state index in [1.807, 2.05) is 0 Å². The van der Waals surface area contributed by atoms with Gasteiger partial charge in [0.25, 0.3) is 0 Å². The molecule has 0 unspecified atom stereocenters. The zero-order valence-corrected chi connectivity index (χ0v) is 10.9. The van der Waals surface area contributed by atoms with Crippen molar-refractivity contribution < 1.29 is 4.74 Å². The van der Waals surface area contributed by atoms with Gasteiger partial charge in [-0.1, -0.05) is 24.9 Å². The summed E-state index contributed by atoms with van der Waals surface area (Å²) in [7, 11) is 1.59. The summed E-state index contributed by atoms with van der Waals surface area (Å²) in [5.41, 5.74) is 0.332. The first kappa shape index (κ1) is 13.1. The van der Waals surface area contributed by atoms with Gasteiger partial charge in [0, 0.05) is 0 Å². The maximum atomic E-state index is 8.72. The molecule has 5 heteroatoms. The van der Waals surface area contributed by atoms with E-state index in [1.54, 1.807) is 31.0 Å². The van der Waals surface area contributed by atoms with Crippen LogP contribution in [0.25, 0.3) is 4.98 Å². The maximum absolute atomic E-state index is 8.72. The molecule has 0 aromatic heterocycles. The number of hydrogen-bond acceptors (Lipinski definition) is 3. The van der Waals surface area contributed by atoms with Gasteiger partial charge in [0.1, 0.15) is 10.8 Å². The number of ether oxygens (including phenoxy) is 1. The van der Waals surface area contributed by atoms with E-state index in [9.17, 15) is 0 Å². The molecular weight excluding hydrogens is 244 g/mol. The van der Waals surface area contributed by atoms with E-state index >= 15 is 0 Å². The summed E-state index contributed by atoms with van der Waals surface area (Å²) in [5.74, 6) is 1.72. The quantitative estimate of drug-likeness (QED) is 0.435. The average molecular weight is 258 g/mol. The summed E-state index contributed by atoms with van der Waals surface area (Å²) in [6.45, 7) is 2.15. The van der Waals surface area contributed by atoms with Crippen molar-refractivity contribution in [1.82, 2.24) is 0 Å². The minimum atomic E-state index is 0.332. The normalized spacial score (nSPS) is 9.88. The Morgan fingerprint density at radius 2 is 2.25 bits per heavy atom. The van der Waals surface area contributed by atoms with Crippen molar-refractivity contribution in [2.75, 3.05) is 12.9 Å². The summed E-state index contributed by atoms with van der Waals surface area (Å²) < 4.78 is 5.22. The van der Waals surface area contributed by atoms with Gasteiger partial charge in [0.15, 0.2) is 4.98 Å². The number of rotatable bonds is 5. The second-order valence-corrected chi connectivity index (χ2v) is 4.80. The fourth-order valence-corrected chi connectivity index (χ4v) is 2.60. The molecule has 0 spiro atoms. The second-order valence-electron chi connectivity index (χ2n) is 3.26. The lowest BCUT2D eigenvalue weighted by Gasteiger charge is -2.06. The molecular formula is C11H14ClN2OS+. The van der Waals surface area contributed by atoms with E-state index in [-0.39, 0.29) is 0 Å². The van der Waals surface area contributed by atoms with Crippen LogP contribution in [0.3, 0.4) is 0 Å². The fourth-order valence-electron chi connectivity index (χ4n) is 1.20. The predicted molar refractivity (Wildman–Crippen MR) is 68.4 cm³/mol. The van der Waals surface area contributed by atoms with Crippen LogP contribution in [0, 0.1) is 5.39 Å². The van der Waals surface area contributed by atoms with Crippen molar-refractivity contribution in [1.29, 1.82) is 5.39 Å². The molecule has 3 nitrogen and oxygen atoms in total. The zero-order chi connectivity index (χ0) is 12.0. The standard InChI is InChI=1S/C11H14ClN2OS/c1-3-4-5-16-11-6-8(12)9(14-13)7-10(11)15-2/h6-7H,3-5H2,1-2H3/q+1. The molecule has 1 rings (SSSR count). The Bertz CT molecular complexity index is 404. The van der Waals surface area contributed by atoms with Crippen LogP contribution < -0.4 is 4.74 Å². The molecule has 0 bridgehead atoms. The van der Waals surface area contributed by atoms with Gasteiger partial charge in [-0.15, -0.1) is 11.8 Å². The molecule has 0 fully saturated rings. The molecule has 0 saturated heterocycles. The van der Waals surface area contributed by atoms with Crippen molar-refractivity contribution in [2.45, 2.75) is 24.7 Å². The Hall–Kier alpha value is -0.920. The van der Waals surface area contributed by atoms with Crippen molar-refractivity contribution in [2.24, 2.45) is 0 Å². The molecule has 0 amide bonds. The summed E-state index contributed by atoms with van der Waals surface area (Å²) in [6, 6.07) is 3.41. The molecule has 1 aromatic carbocycles. The van der Waals surface area contributed by atoms with Crippen LogP contribution in [0.15, 0.2) is 17.0 Å². The third kappa shape index (κ3) is 3.29. The number of diazo groups is 1. The molecule has 0 heterocycles. The number of methoxy groups -OCH3 is 1. The van der Waals surface area contributed by atoms with E-state index in [4.69, 9.17) is 21.7 Å². The van der Waals surface area contributed by atoms with E-state index in [2.05, 4.69) is 11.9 Å². The van der Waals surface area contributed by atoms with Crippen LogP contribution in [0.1, 0.15) is 19.8 Å². The molecule has 1 aromatic rings. The van der Waals surface area contributed by atoms with Crippen LogP contribution in [0.2, 0.25) is 5.02 Å². The number of thioether (sulfide) groups is 1. The van der Waals surface area contributed by atoms with Crippen LogP contribution >= 0.6 is 23.4 Å². The van der Waals surface area contributed by atoms with Gasteiger partial charge in [0.2, 0.25) is 5.39 Å². The van der Waals surface area contributed by atoms with E-state index < -0.39 is 0 Å². The molecule has 0 radical (unpaired) electrons. The van der Waals surface area contributed by atoms with Crippen molar-refractivity contribution in [3.63, 3.8) is 0 Å². The Morgan fingerprint density at radius 3 is 2.81 bits per heavy atom.